The number of hydrogen-bond acceptors (Lipinski definition) is 5. The normalized spacial score (nSPS) is 14.1. The van der Waals surface area contributed by atoms with Crippen LogP contribution in [0.25, 0.3) is 11.1 Å². The smallest absolute Gasteiger partial charge is 0.383 e. The first kappa shape index (κ1) is 31.8. The van der Waals surface area contributed by atoms with Crippen molar-refractivity contribution in [3.8, 4) is 22.6 Å². The third-order valence-corrected chi connectivity index (χ3v) is 10.3. The molecule has 0 heterocycles. The highest BCUT2D eigenvalue weighted by atomic mass is 31.2. The fraction of sp³-hybridized carbons (Fsp3) is 0.314. The molecule has 0 aliphatic rings. The van der Waals surface area contributed by atoms with Crippen molar-refractivity contribution in [3.05, 3.63) is 119 Å². The molecule has 0 radical (unpaired) electrons. The van der Waals surface area contributed by atoms with Gasteiger partial charge in [0, 0.05) is 6.66 Å². The summed E-state index contributed by atoms with van der Waals surface area (Å²) < 4.78 is 47.0. The van der Waals surface area contributed by atoms with Gasteiger partial charge in [0.05, 0.1) is 24.5 Å². The average Bonchev–Trinajstić information content (AvgIpc) is 2.94. The van der Waals surface area contributed by atoms with Crippen molar-refractivity contribution >= 4 is 15.0 Å². The molecular formula is C35H42O5P2. The summed E-state index contributed by atoms with van der Waals surface area (Å²) in [6.45, 7) is 7.91. The van der Waals surface area contributed by atoms with Crippen LogP contribution < -0.4 is 9.05 Å². The van der Waals surface area contributed by atoms with Crippen molar-refractivity contribution in [1.29, 1.82) is 0 Å². The molecule has 0 amide bonds. The highest BCUT2D eigenvalue weighted by Crippen LogP contribution is 2.57. The summed E-state index contributed by atoms with van der Waals surface area (Å²) >= 11 is 0. The maximum Gasteiger partial charge on any atom is 0.383 e. The second-order valence-corrected chi connectivity index (χ2v) is 15.3. The topological polar surface area (TPSA) is 61.8 Å². The lowest BCUT2D eigenvalue weighted by atomic mass is 9.98. The van der Waals surface area contributed by atoms with Crippen molar-refractivity contribution in [2.45, 2.75) is 58.8 Å². The van der Waals surface area contributed by atoms with Crippen LogP contribution in [0, 0.1) is 6.92 Å². The minimum Gasteiger partial charge on any atom is -0.442 e. The largest absolute Gasteiger partial charge is 0.442 e. The van der Waals surface area contributed by atoms with Gasteiger partial charge in [0.15, 0.2) is 0 Å². The molecule has 0 bridgehead atoms. The lowest BCUT2D eigenvalue weighted by molar-refractivity contribution is 0.278. The minimum atomic E-state index is -3.62. The highest BCUT2D eigenvalue weighted by Gasteiger charge is 2.30. The molecule has 0 aliphatic heterocycles. The average molecular weight is 605 g/mol. The second kappa shape index (κ2) is 14.9. The third-order valence-electron chi connectivity index (χ3n) is 6.89. The molecule has 0 aromatic heterocycles. The van der Waals surface area contributed by atoms with Gasteiger partial charge < -0.3 is 9.05 Å². The van der Waals surface area contributed by atoms with Crippen molar-refractivity contribution in [3.63, 3.8) is 0 Å². The molecule has 4 rings (SSSR count). The second-order valence-electron chi connectivity index (χ2n) is 10.8. The van der Waals surface area contributed by atoms with E-state index < -0.39 is 15.0 Å². The zero-order valence-corrected chi connectivity index (χ0v) is 26.9. The van der Waals surface area contributed by atoms with Gasteiger partial charge in [0.2, 0.25) is 7.37 Å². The van der Waals surface area contributed by atoms with Crippen LogP contribution in [0.2, 0.25) is 0 Å². The number of rotatable bonds is 15. The standard InChI is InChI=1S/C35H42O5P2/c1-5-7-10-21-31-24-33(39-41(4,36)26-29-17-11-8-12-18-29)35(32-22-15-16-28(3)23-32)34(25-31)40-42(37,38-6-2)27-30-19-13-9-14-20-30/h8-9,11-20,22-25H,5-7,10,21,26-27H2,1-4H3. The lowest BCUT2D eigenvalue weighted by Gasteiger charge is -2.25. The molecule has 4 aromatic rings. The van der Waals surface area contributed by atoms with Gasteiger partial charge in [-0.25, -0.2) is 4.57 Å². The molecule has 0 spiro atoms. The number of benzene rings is 4. The van der Waals surface area contributed by atoms with Crippen molar-refractivity contribution in [2.24, 2.45) is 0 Å². The van der Waals surface area contributed by atoms with Crippen LogP contribution in [0.4, 0.5) is 0 Å². The van der Waals surface area contributed by atoms with Gasteiger partial charge in [-0.15, -0.1) is 0 Å². The predicted molar refractivity (Wildman–Crippen MR) is 174 cm³/mol. The molecule has 0 saturated heterocycles. The van der Waals surface area contributed by atoms with Crippen LogP contribution in [0.5, 0.6) is 11.5 Å². The maximum atomic E-state index is 14.3. The highest BCUT2D eigenvalue weighted by molar-refractivity contribution is 7.57. The van der Waals surface area contributed by atoms with Gasteiger partial charge >= 0.3 is 7.60 Å². The first-order valence-corrected chi connectivity index (χ1v) is 18.7. The molecular weight excluding hydrogens is 562 g/mol. The third kappa shape index (κ3) is 9.20. The summed E-state index contributed by atoms with van der Waals surface area (Å²) in [6.07, 6.45) is 4.37. The van der Waals surface area contributed by atoms with Crippen LogP contribution >= 0.6 is 15.0 Å². The monoisotopic (exact) mass is 604 g/mol. The van der Waals surface area contributed by atoms with E-state index in [9.17, 15) is 9.13 Å². The van der Waals surface area contributed by atoms with Crippen molar-refractivity contribution in [2.75, 3.05) is 13.3 Å². The summed E-state index contributed by atoms with van der Waals surface area (Å²) in [5, 5.41) is 0. The Kier molecular flexibility index (Phi) is 11.3. The van der Waals surface area contributed by atoms with Gasteiger partial charge in [-0.05, 0) is 61.1 Å². The van der Waals surface area contributed by atoms with E-state index in [0.29, 0.717) is 23.2 Å². The number of hydrogen-bond donors (Lipinski definition) is 0. The van der Waals surface area contributed by atoms with Gasteiger partial charge in [-0.3, -0.25) is 9.09 Å². The summed E-state index contributed by atoms with van der Waals surface area (Å²) in [7, 11) is -6.77. The first-order valence-electron chi connectivity index (χ1n) is 14.7. The van der Waals surface area contributed by atoms with E-state index >= 15 is 0 Å². The minimum absolute atomic E-state index is 0.130. The molecule has 5 nitrogen and oxygen atoms in total. The predicted octanol–water partition coefficient (Wildman–Crippen LogP) is 10.7. The maximum absolute atomic E-state index is 14.3. The summed E-state index contributed by atoms with van der Waals surface area (Å²) in [4.78, 5) is 0. The Bertz CT molecular complexity index is 1540. The lowest BCUT2D eigenvalue weighted by Crippen LogP contribution is -2.05. The Morgan fingerprint density at radius 3 is 1.88 bits per heavy atom. The van der Waals surface area contributed by atoms with Gasteiger partial charge in [-0.1, -0.05) is 110 Å². The zero-order chi connectivity index (χ0) is 30.0. The molecule has 222 valence electrons. The number of unbranched alkanes of at least 4 members (excludes halogenated alkanes) is 2. The SMILES string of the molecule is CCCCCc1cc(OP(C)(=O)Cc2ccccc2)c(-c2cccc(C)c2)c(OP(=O)(Cc2ccccc2)OCC)c1. The van der Waals surface area contributed by atoms with Crippen LogP contribution in [-0.4, -0.2) is 13.3 Å². The molecule has 4 aromatic carbocycles. The Balaban J connectivity index is 1.84. The quantitative estimate of drug-likeness (QED) is 0.0998. The van der Waals surface area contributed by atoms with Gasteiger partial charge in [-0.2, -0.15) is 0 Å². The Hall–Kier alpha value is -3.10. The fourth-order valence-corrected chi connectivity index (χ4v) is 8.21. The van der Waals surface area contributed by atoms with E-state index in [2.05, 4.69) is 6.92 Å². The van der Waals surface area contributed by atoms with E-state index in [-0.39, 0.29) is 12.8 Å². The van der Waals surface area contributed by atoms with Gasteiger partial charge in [0.1, 0.15) is 11.5 Å². The van der Waals surface area contributed by atoms with Crippen LogP contribution in [-0.2, 0) is 32.4 Å². The summed E-state index contributed by atoms with van der Waals surface area (Å²) in [6, 6.07) is 31.2. The first-order chi connectivity index (χ1) is 20.2. The Labute approximate surface area is 251 Å². The molecule has 7 heteroatoms. The molecule has 2 unspecified atom stereocenters. The van der Waals surface area contributed by atoms with E-state index in [1.165, 1.54) is 0 Å². The summed E-state index contributed by atoms with van der Waals surface area (Å²) in [5.74, 6) is 0.881. The molecule has 0 saturated carbocycles. The molecule has 0 fully saturated rings. The van der Waals surface area contributed by atoms with E-state index in [0.717, 1.165) is 53.5 Å². The zero-order valence-electron chi connectivity index (χ0n) is 25.1. The van der Waals surface area contributed by atoms with Crippen LogP contribution in [0.3, 0.4) is 0 Å². The summed E-state index contributed by atoms with van der Waals surface area (Å²) in [5.41, 5.74) is 5.30. The van der Waals surface area contributed by atoms with E-state index in [4.69, 9.17) is 13.6 Å². The van der Waals surface area contributed by atoms with Crippen molar-refractivity contribution in [1.82, 2.24) is 0 Å². The Morgan fingerprint density at radius 1 is 0.667 bits per heavy atom. The van der Waals surface area contributed by atoms with Crippen LogP contribution in [0.15, 0.2) is 97.1 Å². The molecule has 0 aliphatic carbocycles. The molecule has 0 N–H and O–H groups in total. The fourth-order valence-electron chi connectivity index (χ4n) is 5.01. The van der Waals surface area contributed by atoms with Crippen molar-refractivity contribution < 1.29 is 22.7 Å². The Morgan fingerprint density at radius 2 is 1.29 bits per heavy atom. The van der Waals surface area contributed by atoms with E-state index in [1.54, 1.807) is 6.66 Å². The number of aryl methyl sites for hydroxylation is 2. The molecule has 2 atom stereocenters. The van der Waals surface area contributed by atoms with Crippen LogP contribution in [0.1, 0.15) is 55.4 Å². The molecule has 42 heavy (non-hydrogen) atoms. The van der Waals surface area contributed by atoms with E-state index in [1.807, 2.05) is 111 Å². The van der Waals surface area contributed by atoms with Gasteiger partial charge in [0.25, 0.3) is 0 Å².